The third-order valence-corrected chi connectivity index (χ3v) is 18.1. The van der Waals surface area contributed by atoms with Crippen molar-refractivity contribution >= 4 is 78.0 Å². The molecule has 10 aromatic carbocycles. The molecular weight excluding hydrogens is 963 g/mol. The van der Waals surface area contributed by atoms with Crippen molar-refractivity contribution in [2.75, 3.05) is 9.80 Å². The highest BCUT2D eigenvalue weighted by Crippen LogP contribution is 2.64. The van der Waals surface area contributed by atoms with Gasteiger partial charge in [-0.25, -0.2) is 0 Å². The molecule has 0 atom stereocenters. The molecule has 0 bridgehead atoms. The molecule has 378 valence electrons. The van der Waals surface area contributed by atoms with Crippen molar-refractivity contribution in [1.82, 2.24) is 4.98 Å². The van der Waals surface area contributed by atoms with Gasteiger partial charge in [-0.2, -0.15) is 0 Å². The van der Waals surface area contributed by atoms with E-state index in [1.54, 1.807) is 0 Å². The fourth-order valence-electron chi connectivity index (χ4n) is 14.4. The van der Waals surface area contributed by atoms with Gasteiger partial charge in [-0.15, -0.1) is 0 Å². The number of nitrogens with zero attached hydrogens (tertiary/aromatic N) is 3. The predicted molar refractivity (Wildman–Crippen MR) is 326 cm³/mol. The molecule has 0 amide bonds. The molecule has 3 aliphatic carbocycles. The van der Waals surface area contributed by atoms with E-state index in [-0.39, 0.29) is 16.2 Å². The minimum Gasteiger partial charge on any atom is -0.455 e. The van der Waals surface area contributed by atoms with Crippen LogP contribution in [0.25, 0.3) is 88.4 Å². The van der Waals surface area contributed by atoms with Gasteiger partial charge in [0, 0.05) is 95.4 Å². The molecule has 3 aromatic heterocycles. The van der Waals surface area contributed by atoms with Crippen LogP contribution in [-0.4, -0.2) is 4.98 Å². The summed E-state index contributed by atoms with van der Waals surface area (Å²) >= 11 is 0. The maximum Gasteiger partial charge on any atom is 0.144 e. The molecule has 5 heteroatoms. The summed E-state index contributed by atoms with van der Waals surface area (Å²) in [5.41, 5.74) is 26.9. The van der Waals surface area contributed by atoms with E-state index in [2.05, 4.69) is 269 Å². The Bertz CT molecular complexity index is 4640. The van der Waals surface area contributed by atoms with E-state index in [9.17, 15) is 0 Å². The molecule has 0 unspecified atom stereocenters. The molecule has 0 saturated carbocycles. The lowest BCUT2D eigenvalue weighted by atomic mass is 9.72. The molecule has 0 spiro atoms. The van der Waals surface area contributed by atoms with Crippen molar-refractivity contribution < 1.29 is 8.83 Å². The van der Waals surface area contributed by atoms with Gasteiger partial charge in [0.2, 0.25) is 0 Å². The second-order valence-electron chi connectivity index (χ2n) is 23.4. The molecule has 5 nitrogen and oxygen atoms in total. The van der Waals surface area contributed by atoms with Crippen LogP contribution in [0.5, 0.6) is 0 Å². The second kappa shape index (κ2) is 16.3. The normalized spacial score (nSPS) is 14.8. The Morgan fingerprint density at radius 1 is 0.329 bits per heavy atom. The smallest absolute Gasteiger partial charge is 0.144 e. The van der Waals surface area contributed by atoms with Crippen molar-refractivity contribution in [3.63, 3.8) is 0 Å². The zero-order chi connectivity index (χ0) is 53.1. The third kappa shape index (κ3) is 6.30. The van der Waals surface area contributed by atoms with E-state index in [0.717, 1.165) is 83.7 Å². The van der Waals surface area contributed by atoms with Crippen LogP contribution in [-0.2, 0) is 16.2 Å². The summed E-state index contributed by atoms with van der Waals surface area (Å²) in [6, 6.07) is 77.5. The Morgan fingerprint density at radius 2 is 0.772 bits per heavy atom. The van der Waals surface area contributed by atoms with Crippen LogP contribution in [0.4, 0.5) is 34.1 Å². The SMILES string of the molecule is CC1(C)c2cc(N(c3ccc(N(c4ccccc4)c4ccccc4)cc3)c3ccc4c(c3)C(C)(C)c3c5c(c6oc7ccccc7c6c3-4)-c3ccccc3C5(C)C)ccc2-c2c1cc(-c1ccncc1)c1oc3ccccc3c21. The Kier molecular flexibility index (Phi) is 9.43. The summed E-state index contributed by atoms with van der Waals surface area (Å²) in [5, 5.41) is 4.64. The molecule has 0 aliphatic heterocycles. The first-order valence-electron chi connectivity index (χ1n) is 27.6. The quantitative estimate of drug-likeness (QED) is 0.159. The van der Waals surface area contributed by atoms with Crippen molar-refractivity contribution in [3.8, 4) is 44.5 Å². The summed E-state index contributed by atoms with van der Waals surface area (Å²) in [5.74, 6) is 0. The average Bonchev–Trinajstić information content (AvgIpc) is 2.08. The van der Waals surface area contributed by atoms with Gasteiger partial charge in [-0.3, -0.25) is 4.98 Å². The summed E-state index contributed by atoms with van der Waals surface area (Å²) < 4.78 is 13.9. The van der Waals surface area contributed by atoms with E-state index in [1.807, 2.05) is 12.4 Å². The van der Waals surface area contributed by atoms with Gasteiger partial charge in [0.15, 0.2) is 0 Å². The van der Waals surface area contributed by atoms with Crippen LogP contribution in [0.3, 0.4) is 0 Å². The maximum absolute atomic E-state index is 7.04. The van der Waals surface area contributed by atoms with Gasteiger partial charge in [-0.05, 0) is 170 Å². The van der Waals surface area contributed by atoms with Gasteiger partial charge in [-0.1, -0.05) is 151 Å². The Hall–Kier alpha value is -9.45. The van der Waals surface area contributed by atoms with Crippen LogP contribution >= 0.6 is 0 Å². The summed E-state index contributed by atoms with van der Waals surface area (Å²) in [6.45, 7) is 14.5. The molecule has 0 saturated heterocycles. The molecule has 3 aliphatic rings. The number of pyridine rings is 1. The number of hydrogen-bond acceptors (Lipinski definition) is 5. The summed E-state index contributed by atoms with van der Waals surface area (Å²) in [6.07, 6.45) is 3.74. The molecule has 0 radical (unpaired) electrons. The molecule has 79 heavy (non-hydrogen) atoms. The van der Waals surface area contributed by atoms with Crippen LogP contribution < -0.4 is 9.80 Å². The van der Waals surface area contributed by atoms with Gasteiger partial charge in [0.1, 0.15) is 22.3 Å². The van der Waals surface area contributed by atoms with Crippen molar-refractivity contribution in [3.05, 3.63) is 258 Å². The van der Waals surface area contributed by atoms with Crippen LogP contribution in [0.1, 0.15) is 74.9 Å². The zero-order valence-electron chi connectivity index (χ0n) is 45.0. The Balaban J connectivity index is 0.915. The summed E-state index contributed by atoms with van der Waals surface area (Å²) in [7, 11) is 0. The lowest BCUT2D eigenvalue weighted by Gasteiger charge is -2.32. The standard InChI is InChI=1S/C74H55N3O2/c1-72(2)58-41-49(33-35-52(58)63-60(72)43-56(44-37-39-75-40-38-44)70-65(63)54-24-14-17-27-61(54)78-70)77(48-31-29-47(30-32-48)76(45-19-9-7-10-20-45)46-21-11-8-12-22-46)50-34-36-53-59(42-50)74(5,6)68-64(53)66-55-25-15-18-28-62(55)79-71(66)67-51-23-13-16-26-57(51)73(3,4)69(67)68/h7-43H,1-6H3. The largest absolute Gasteiger partial charge is 0.455 e. The van der Waals surface area contributed by atoms with E-state index < -0.39 is 0 Å². The fourth-order valence-corrected chi connectivity index (χ4v) is 14.4. The molecule has 16 rings (SSSR count). The molecule has 13 aromatic rings. The molecule has 3 heterocycles. The molecule has 0 fully saturated rings. The first kappa shape index (κ1) is 45.7. The van der Waals surface area contributed by atoms with Gasteiger partial charge >= 0.3 is 0 Å². The number of rotatable bonds is 7. The van der Waals surface area contributed by atoms with Crippen LogP contribution in [0.15, 0.2) is 234 Å². The van der Waals surface area contributed by atoms with Crippen molar-refractivity contribution in [2.45, 2.75) is 57.8 Å². The minimum absolute atomic E-state index is 0.255. The van der Waals surface area contributed by atoms with Crippen molar-refractivity contribution in [2.24, 2.45) is 0 Å². The highest BCUT2D eigenvalue weighted by molar-refractivity contribution is 6.21. The topological polar surface area (TPSA) is 45.7 Å². The van der Waals surface area contributed by atoms with E-state index in [1.165, 1.54) is 72.1 Å². The lowest BCUT2D eigenvalue weighted by Crippen LogP contribution is -2.24. The first-order valence-corrected chi connectivity index (χ1v) is 27.6. The molecule has 0 N–H and O–H groups in total. The van der Waals surface area contributed by atoms with Crippen LogP contribution in [0.2, 0.25) is 0 Å². The van der Waals surface area contributed by atoms with Gasteiger partial charge in [0.25, 0.3) is 0 Å². The number of para-hydroxylation sites is 4. The highest BCUT2D eigenvalue weighted by Gasteiger charge is 2.49. The highest BCUT2D eigenvalue weighted by atomic mass is 16.3. The summed E-state index contributed by atoms with van der Waals surface area (Å²) in [4.78, 5) is 9.20. The predicted octanol–water partition coefficient (Wildman–Crippen LogP) is 20.4. The number of hydrogen-bond donors (Lipinski definition) is 0. The Morgan fingerprint density at radius 3 is 1.39 bits per heavy atom. The number of furan rings is 2. The second-order valence-corrected chi connectivity index (χ2v) is 23.4. The minimum atomic E-state index is -0.370. The fraction of sp³-hybridized carbons (Fsp3) is 0.122. The zero-order valence-corrected chi connectivity index (χ0v) is 45.0. The van der Waals surface area contributed by atoms with Crippen LogP contribution in [0, 0.1) is 0 Å². The van der Waals surface area contributed by atoms with E-state index in [4.69, 9.17) is 8.83 Å². The third-order valence-electron chi connectivity index (χ3n) is 18.1. The van der Waals surface area contributed by atoms with Gasteiger partial charge in [0.05, 0.1) is 0 Å². The Labute approximate surface area is 459 Å². The number of benzene rings is 10. The maximum atomic E-state index is 7.04. The van der Waals surface area contributed by atoms with E-state index >= 15 is 0 Å². The number of fused-ring (bicyclic) bond motifs is 19. The average molecular weight is 1020 g/mol. The first-order chi connectivity index (χ1) is 38.5. The number of anilines is 6. The van der Waals surface area contributed by atoms with Gasteiger partial charge < -0.3 is 18.6 Å². The van der Waals surface area contributed by atoms with Crippen molar-refractivity contribution in [1.29, 1.82) is 0 Å². The molecular formula is C74H55N3O2. The number of aromatic nitrogens is 1. The lowest BCUT2D eigenvalue weighted by molar-refractivity contribution is 0.600. The monoisotopic (exact) mass is 1020 g/mol. The van der Waals surface area contributed by atoms with E-state index in [0.29, 0.717) is 0 Å².